The molecule has 1 aromatic carbocycles. The molecule has 29 heavy (non-hydrogen) atoms. The number of carbonyl (C=O) groups excluding carboxylic acids is 1. The lowest BCUT2D eigenvalue weighted by atomic mass is 10.0. The van der Waals surface area contributed by atoms with Crippen molar-refractivity contribution in [2.45, 2.75) is 38.8 Å². The van der Waals surface area contributed by atoms with E-state index < -0.39 is 23.8 Å². The van der Waals surface area contributed by atoms with Crippen LogP contribution in [0, 0.1) is 11.3 Å². The first-order valence-electron chi connectivity index (χ1n) is 8.77. The Kier molecular flexibility index (Phi) is 5.17. The summed E-state index contributed by atoms with van der Waals surface area (Å²) in [5.41, 5.74) is 0.370. The van der Waals surface area contributed by atoms with Crippen LogP contribution in [0.1, 0.15) is 32.4 Å². The molecule has 0 aliphatic carbocycles. The molecule has 0 bridgehead atoms. The second kappa shape index (κ2) is 7.31. The Hall–Kier alpha value is -3.22. The highest BCUT2D eigenvalue weighted by molar-refractivity contribution is 5.71. The number of benzene rings is 1. The van der Waals surface area contributed by atoms with Crippen molar-refractivity contribution in [3.05, 3.63) is 36.2 Å². The Morgan fingerprint density at radius 2 is 1.97 bits per heavy atom. The van der Waals surface area contributed by atoms with E-state index in [1.807, 2.05) is 6.07 Å². The molecule has 2 heterocycles. The average molecular weight is 408 g/mol. The zero-order valence-corrected chi connectivity index (χ0v) is 16.0. The summed E-state index contributed by atoms with van der Waals surface area (Å²) in [5, 5.41) is 13.5. The van der Waals surface area contributed by atoms with Crippen LogP contribution in [-0.4, -0.2) is 45.8 Å². The topological polar surface area (TPSA) is 80.4 Å². The number of aromatic nitrogens is 2. The smallest absolute Gasteiger partial charge is 0.444 e. The minimum Gasteiger partial charge on any atom is -0.444 e. The third-order valence-corrected chi connectivity index (χ3v) is 4.15. The van der Waals surface area contributed by atoms with Gasteiger partial charge in [-0.2, -0.15) is 10.4 Å². The van der Waals surface area contributed by atoms with Gasteiger partial charge in [0.05, 0.1) is 23.9 Å². The van der Waals surface area contributed by atoms with E-state index in [2.05, 4.69) is 9.84 Å². The largest absolute Gasteiger partial charge is 0.573 e. The second-order valence-electron chi connectivity index (χ2n) is 7.62. The highest BCUT2D eigenvalue weighted by Gasteiger charge is 2.35. The van der Waals surface area contributed by atoms with Crippen molar-refractivity contribution in [2.75, 3.05) is 13.1 Å². The fourth-order valence-corrected chi connectivity index (χ4v) is 2.83. The summed E-state index contributed by atoms with van der Waals surface area (Å²) >= 11 is 0. The van der Waals surface area contributed by atoms with Crippen LogP contribution in [0.25, 0.3) is 11.1 Å². The van der Waals surface area contributed by atoms with E-state index in [1.54, 1.807) is 31.6 Å². The Morgan fingerprint density at radius 1 is 1.28 bits per heavy atom. The highest BCUT2D eigenvalue weighted by Crippen LogP contribution is 2.32. The molecule has 0 unspecified atom stereocenters. The van der Waals surface area contributed by atoms with Gasteiger partial charge in [-0.05, 0) is 39.0 Å². The zero-order valence-electron chi connectivity index (χ0n) is 16.0. The van der Waals surface area contributed by atoms with Gasteiger partial charge in [-0.15, -0.1) is 13.2 Å². The number of hydrogen-bond acceptors (Lipinski definition) is 5. The average Bonchev–Trinajstić information content (AvgIpc) is 2.99. The monoisotopic (exact) mass is 408 g/mol. The fourth-order valence-electron chi connectivity index (χ4n) is 2.83. The number of amides is 1. The Morgan fingerprint density at radius 3 is 2.55 bits per heavy atom. The molecule has 1 amide bonds. The summed E-state index contributed by atoms with van der Waals surface area (Å²) in [6.07, 6.45) is -2.15. The first-order valence-corrected chi connectivity index (χ1v) is 8.77. The molecular weight excluding hydrogens is 389 g/mol. The van der Waals surface area contributed by atoms with E-state index >= 15 is 0 Å². The lowest BCUT2D eigenvalue weighted by molar-refractivity contribution is -0.274. The minimum atomic E-state index is -4.83. The molecule has 1 fully saturated rings. The molecule has 7 nitrogen and oxygen atoms in total. The zero-order chi connectivity index (χ0) is 21.4. The lowest BCUT2D eigenvalue weighted by Crippen LogP contribution is -2.52. The number of rotatable bonds is 3. The van der Waals surface area contributed by atoms with Crippen LogP contribution in [-0.2, 0) is 4.74 Å². The molecule has 0 saturated carbocycles. The molecule has 2 aromatic rings. The molecule has 0 atom stereocenters. The number of ether oxygens (including phenoxy) is 2. The predicted molar refractivity (Wildman–Crippen MR) is 95.9 cm³/mol. The summed E-state index contributed by atoms with van der Waals surface area (Å²) in [6.45, 7) is 6.15. The van der Waals surface area contributed by atoms with Crippen LogP contribution in [0.5, 0.6) is 5.75 Å². The first kappa shape index (κ1) is 20.5. The van der Waals surface area contributed by atoms with Gasteiger partial charge in [-0.25, -0.2) is 4.79 Å². The predicted octanol–water partition coefficient (Wildman–Crippen LogP) is 4.11. The van der Waals surface area contributed by atoms with E-state index in [4.69, 9.17) is 4.74 Å². The van der Waals surface area contributed by atoms with E-state index in [0.717, 1.165) is 12.1 Å². The summed E-state index contributed by atoms with van der Waals surface area (Å²) < 4.78 is 48.3. The maximum atomic E-state index is 12.5. The van der Waals surface area contributed by atoms with Gasteiger partial charge in [0.25, 0.3) is 0 Å². The number of nitriles is 1. The van der Waals surface area contributed by atoms with Crippen LogP contribution in [0.4, 0.5) is 18.0 Å². The number of alkyl halides is 3. The van der Waals surface area contributed by atoms with Gasteiger partial charge in [0.15, 0.2) is 0 Å². The SMILES string of the molecule is CC(C)(C)OC(=O)N1CC(n2cc(-c3cc(OC(F)(F)F)ccc3C#N)cn2)C1. The maximum absolute atomic E-state index is 12.5. The summed E-state index contributed by atoms with van der Waals surface area (Å²) in [5.74, 6) is -0.418. The molecule has 1 aliphatic rings. The number of nitrogens with zero attached hydrogens (tertiary/aromatic N) is 4. The third kappa shape index (κ3) is 4.99. The van der Waals surface area contributed by atoms with Crippen molar-refractivity contribution in [1.82, 2.24) is 14.7 Å². The molecule has 1 aliphatic heterocycles. The van der Waals surface area contributed by atoms with Gasteiger partial charge in [0, 0.05) is 30.4 Å². The number of halogens is 3. The Bertz CT molecular complexity index is 951. The first-order chi connectivity index (χ1) is 13.4. The van der Waals surface area contributed by atoms with Crippen molar-refractivity contribution in [1.29, 1.82) is 5.26 Å². The van der Waals surface area contributed by atoms with Gasteiger partial charge in [0.1, 0.15) is 11.4 Å². The normalized spacial score (nSPS) is 14.9. The van der Waals surface area contributed by atoms with Crippen LogP contribution in [0.15, 0.2) is 30.6 Å². The molecule has 0 radical (unpaired) electrons. The molecule has 0 spiro atoms. The van der Waals surface area contributed by atoms with E-state index in [9.17, 15) is 23.2 Å². The number of likely N-dealkylation sites (tertiary alicyclic amines) is 1. The van der Waals surface area contributed by atoms with Crippen molar-refractivity contribution in [3.8, 4) is 22.9 Å². The Labute approximate surface area is 165 Å². The van der Waals surface area contributed by atoms with Gasteiger partial charge in [0.2, 0.25) is 0 Å². The molecule has 10 heteroatoms. The van der Waals surface area contributed by atoms with Gasteiger partial charge < -0.3 is 14.4 Å². The van der Waals surface area contributed by atoms with Crippen molar-refractivity contribution in [3.63, 3.8) is 0 Å². The molecular formula is C19H19F3N4O3. The molecule has 0 N–H and O–H groups in total. The van der Waals surface area contributed by atoms with Gasteiger partial charge in [-0.1, -0.05) is 0 Å². The summed E-state index contributed by atoms with van der Waals surface area (Å²) in [6, 6.07) is 5.37. The molecule has 1 saturated heterocycles. The quantitative estimate of drug-likeness (QED) is 0.764. The summed E-state index contributed by atoms with van der Waals surface area (Å²) in [7, 11) is 0. The van der Waals surface area contributed by atoms with Crippen LogP contribution < -0.4 is 4.74 Å². The van der Waals surface area contributed by atoms with Crippen molar-refractivity contribution in [2.24, 2.45) is 0 Å². The lowest BCUT2D eigenvalue weighted by Gasteiger charge is -2.39. The number of carbonyl (C=O) groups is 1. The van der Waals surface area contributed by atoms with Crippen LogP contribution in [0.3, 0.4) is 0 Å². The van der Waals surface area contributed by atoms with Crippen LogP contribution >= 0.6 is 0 Å². The van der Waals surface area contributed by atoms with E-state index in [-0.39, 0.29) is 17.2 Å². The Balaban J connectivity index is 1.73. The minimum absolute atomic E-state index is 0.0867. The van der Waals surface area contributed by atoms with Crippen LogP contribution in [0.2, 0.25) is 0 Å². The second-order valence-corrected chi connectivity index (χ2v) is 7.62. The van der Waals surface area contributed by atoms with Gasteiger partial charge >= 0.3 is 12.5 Å². The van der Waals surface area contributed by atoms with Gasteiger partial charge in [-0.3, -0.25) is 4.68 Å². The fraction of sp³-hybridized carbons (Fsp3) is 0.421. The standard InChI is InChI=1S/C19H19F3N4O3/c1-18(2,3)29-17(27)25-10-14(11-25)26-9-13(8-24-26)16-6-15(28-19(20,21)22)5-4-12(16)7-23/h4-6,8-9,14H,10-11H2,1-3H3. The summed E-state index contributed by atoms with van der Waals surface area (Å²) in [4.78, 5) is 13.5. The maximum Gasteiger partial charge on any atom is 0.573 e. The molecule has 1 aromatic heterocycles. The molecule has 3 rings (SSSR count). The van der Waals surface area contributed by atoms with E-state index in [1.165, 1.54) is 17.2 Å². The van der Waals surface area contributed by atoms with Crippen molar-refractivity contribution < 1.29 is 27.4 Å². The number of hydrogen-bond donors (Lipinski definition) is 0. The highest BCUT2D eigenvalue weighted by atomic mass is 19.4. The third-order valence-electron chi connectivity index (χ3n) is 4.15. The van der Waals surface area contributed by atoms with Crippen molar-refractivity contribution >= 4 is 6.09 Å². The van der Waals surface area contributed by atoms with E-state index in [0.29, 0.717) is 18.7 Å². The molecule has 154 valence electrons.